The lowest BCUT2D eigenvalue weighted by Crippen LogP contribution is -2.30. The second-order valence-electron chi connectivity index (χ2n) is 23.8. The number of esters is 3. The van der Waals surface area contributed by atoms with Crippen LogP contribution in [0.3, 0.4) is 0 Å². The molecule has 1 unspecified atom stereocenters. The first-order chi connectivity index (χ1) is 40.0. The first-order valence-corrected chi connectivity index (χ1v) is 35.4. The molecule has 0 rings (SSSR count). The predicted octanol–water partition coefficient (Wildman–Crippen LogP) is 24.4. The molecule has 0 aromatic heterocycles. The molecule has 0 fully saturated rings. The molecule has 0 aromatic rings. The van der Waals surface area contributed by atoms with E-state index in [4.69, 9.17) is 14.2 Å². The Kier molecular flexibility index (Phi) is 66.6. The lowest BCUT2D eigenvalue weighted by Gasteiger charge is -2.18. The van der Waals surface area contributed by atoms with Crippen LogP contribution in [-0.4, -0.2) is 37.2 Å². The minimum absolute atomic E-state index is 0.0766. The molecule has 470 valence electrons. The van der Waals surface area contributed by atoms with Crippen molar-refractivity contribution in [3.05, 3.63) is 72.9 Å². The summed E-state index contributed by atoms with van der Waals surface area (Å²) >= 11 is 0. The lowest BCUT2D eigenvalue weighted by molar-refractivity contribution is -0.167. The highest BCUT2D eigenvalue weighted by Crippen LogP contribution is 2.18. The van der Waals surface area contributed by atoms with Crippen molar-refractivity contribution in [3.8, 4) is 0 Å². The molecule has 81 heavy (non-hydrogen) atoms. The summed E-state index contributed by atoms with van der Waals surface area (Å²) in [7, 11) is 0. The quantitative estimate of drug-likeness (QED) is 0.0261. The van der Waals surface area contributed by atoms with Gasteiger partial charge in [0.1, 0.15) is 13.2 Å². The zero-order chi connectivity index (χ0) is 58.5. The fourth-order valence-corrected chi connectivity index (χ4v) is 10.4. The molecule has 6 heteroatoms. The maximum absolute atomic E-state index is 12.9. The molecule has 0 amide bonds. The highest BCUT2D eigenvalue weighted by molar-refractivity contribution is 5.71. The largest absolute Gasteiger partial charge is 0.462 e. The van der Waals surface area contributed by atoms with E-state index in [9.17, 15) is 14.4 Å². The van der Waals surface area contributed by atoms with Gasteiger partial charge in [0.25, 0.3) is 0 Å². The Morgan fingerprint density at radius 1 is 0.259 bits per heavy atom. The molecular weight excluding hydrogens is 997 g/mol. The maximum Gasteiger partial charge on any atom is 0.306 e. The van der Waals surface area contributed by atoms with Gasteiger partial charge in [-0.25, -0.2) is 0 Å². The standard InChI is InChI=1S/C75H134O6/c1-4-7-10-13-16-19-22-25-27-29-31-32-33-34-35-36-37-38-39-40-41-42-44-45-47-50-53-56-59-62-65-68-74(77)80-71-72(70-79-73(76)67-64-61-58-55-52-49-24-21-18-15-12-9-6-3)81-75(78)69-66-63-60-57-54-51-48-46-43-30-28-26-23-20-17-14-11-8-5-2/h8,11,17,20,22,25-26,28-29,31,43,46,72H,4-7,9-10,12-16,18-19,21,23-24,27,30,32-42,44-45,47-71H2,1-3H3/b11-8-,20-17-,25-22-,28-26-,31-29-,46-43-. The summed E-state index contributed by atoms with van der Waals surface area (Å²) in [6, 6.07) is 0. The third-order valence-corrected chi connectivity index (χ3v) is 15.7. The molecule has 1 atom stereocenters. The van der Waals surface area contributed by atoms with Gasteiger partial charge in [-0.05, 0) is 89.9 Å². The van der Waals surface area contributed by atoms with Gasteiger partial charge in [-0.15, -0.1) is 0 Å². The molecule has 0 aliphatic heterocycles. The number of ether oxygens (including phenoxy) is 3. The minimum Gasteiger partial charge on any atom is -0.462 e. The number of hydrogen-bond donors (Lipinski definition) is 0. The molecule has 0 saturated carbocycles. The third kappa shape index (κ3) is 67.5. The molecule has 0 heterocycles. The van der Waals surface area contributed by atoms with Crippen LogP contribution in [0.15, 0.2) is 72.9 Å². The molecule has 0 aliphatic carbocycles. The average Bonchev–Trinajstić information content (AvgIpc) is 3.46. The van der Waals surface area contributed by atoms with Gasteiger partial charge in [0, 0.05) is 19.3 Å². The molecule has 0 saturated heterocycles. The maximum atomic E-state index is 12.9. The Labute approximate surface area is 503 Å². The lowest BCUT2D eigenvalue weighted by atomic mass is 10.0. The van der Waals surface area contributed by atoms with Gasteiger partial charge in [-0.1, -0.05) is 331 Å². The van der Waals surface area contributed by atoms with E-state index in [1.807, 2.05) is 0 Å². The van der Waals surface area contributed by atoms with Crippen LogP contribution in [-0.2, 0) is 28.6 Å². The van der Waals surface area contributed by atoms with E-state index in [1.54, 1.807) is 0 Å². The Morgan fingerprint density at radius 3 is 0.753 bits per heavy atom. The smallest absolute Gasteiger partial charge is 0.306 e. The van der Waals surface area contributed by atoms with Crippen molar-refractivity contribution in [2.75, 3.05) is 13.2 Å². The van der Waals surface area contributed by atoms with Crippen LogP contribution in [0, 0.1) is 0 Å². The van der Waals surface area contributed by atoms with Gasteiger partial charge >= 0.3 is 17.9 Å². The number of unbranched alkanes of at least 4 members (excludes halogenated alkanes) is 42. The first-order valence-electron chi connectivity index (χ1n) is 35.4. The molecule has 0 radical (unpaired) electrons. The van der Waals surface area contributed by atoms with E-state index in [0.717, 1.165) is 103 Å². The summed E-state index contributed by atoms with van der Waals surface area (Å²) in [5.41, 5.74) is 0. The molecule has 0 bridgehead atoms. The van der Waals surface area contributed by atoms with Crippen molar-refractivity contribution in [3.63, 3.8) is 0 Å². The van der Waals surface area contributed by atoms with Crippen LogP contribution in [0.25, 0.3) is 0 Å². The summed E-state index contributed by atoms with van der Waals surface area (Å²) in [5, 5.41) is 0. The van der Waals surface area contributed by atoms with Crippen molar-refractivity contribution in [2.45, 2.75) is 374 Å². The van der Waals surface area contributed by atoms with Crippen molar-refractivity contribution in [1.29, 1.82) is 0 Å². The zero-order valence-corrected chi connectivity index (χ0v) is 54.1. The molecule has 0 aliphatic rings. The summed E-state index contributed by atoms with van der Waals surface area (Å²) in [4.78, 5) is 38.4. The van der Waals surface area contributed by atoms with Crippen molar-refractivity contribution in [1.82, 2.24) is 0 Å². The topological polar surface area (TPSA) is 78.9 Å². The average molecular weight is 1130 g/mol. The summed E-state index contributed by atoms with van der Waals surface area (Å²) in [6.07, 6.45) is 90.8. The Hall–Kier alpha value is -3.15. The second kappa shape index (κ2) is 69.3. The zero-order valence-electron chi connectivity index (χ0n) is 54.1. The number of allylic oxidation sites excluding steroid dienone is 12. The van der Waals surface area contributed by atoms with Crippen LogP contribution >= 0.6 is 0 Å². The third-order valence-electron chi connectivity index (χ3n) is 15.7. The Bertz CT molecular complexity index is 1490. The van der Waals surface area contributed by atoms with E-state index in [-0.39, 0.29) is 31.1 Å². The fraction of sp³-hybridized carbons (Fsp3) is 0.800. The van der Waals surface area contributed by atoms with Crippen LogP contribution in [0.4, 0.5) is 0 Å². The van der Waals surface area contributed by atoms with Gasteiger partial charge in [-0.2, -0.15) is 0 Å². The highest BCUT2D eigenvalue weighted by atomic mass is 16.6. The molecule has 0 N–H and O–H groups in total. The van der Waals surface area contributed by atoms with Crippen molar-refractivity contribution in [2.24, 2.45) is 0 Å². The Balaban J connectivity index is 4.19. The van der Waals surface area contributed by atoms with E-state index >= 15 is 0 Å². The van der Waals surface area contributed by atoms with Crippen molar-refractivity contribution < 1.29 is 28.6 Å². The minimum atomic E-state index is -0.782. The van der Waals surface area contributed by atoms with Crippen LogP contribution in [0.1, 0.15) is 367 Å². The number of carbonyl (C=O) groups excluding carboxylic acids is 3. The van der Waals surface area contributed by atoms with Crippen LogP contribution < -0.4 is 0 Å². The molecule has 0 spiro atoms. The van der Waals surface area contributed by atoms with Gasteiger partial charge in [0.2, 0.25) is 0 Å². The summed E-state index contributed by atoms with van der Waals surface area (Å²) in [5.74, 6) is -0.869. The van der Waals surface area contributed by atoms with Crippen LogP contribution in [0.2, 0.25) is 0 Å². The van der Waals surface area contributed by atoms with Gasteiger partial charge in [-0.3, -0.25) is 14.4 Å². The second-order valence-corrected chi connectivity index (χ2v) is 23.8. The highest BCUT2D eigenvalue weighted by Gasteiger charge is 2.19. The van der Waals surface area contributed by atoms with Crippen LogP contribution in [0.5, 0.6) is 0 Å². The Morgan fingerprint density at radius 2 is 0.481 bits per heavy atom. The van der Waals surface area contributed by atoms with E-state index < -0.39 is 6.10 Å². The van der Waals surface area contributed by atoms with Gasteiger partial charge < -0.3 is 14.2 Å². The monoisotopic (exact) mass is 1130 g/mol. The van der Waals surface area contributed by atoms with E-state index in [1.165, 1.54) is 225 Å². The van der Waals surface area contributed by atoms with Crippen molar-refractivity contribution >= 4 is 17.9 Å². The number of hydrogen-bond acceptors (Lipinski definition) is 6. The van der Waals surface area contributed by atoms with Gasteiger partial charge in [0.15, 0.2) is 6.10 Å². The fourth-order valence-electron chi connectivity index (χ4n) is 10.4. The normalized spacial score (nSPS) is 12.5. The SMILES string of the molecule is CC/C=C\C/C=C\C/C=C\C/C=C\CCCCCCCCC(=O)OC(COC(=O)CCCCCCCCCCCCCCC)COC(=O)CCCCCCCCCCCCCCCCCCCCC/C=C\C/C=C\CCCCCCC. The molecule has 6 nitrogen and oxygen atoms in total. The molecule has 0 aromatic carbocycles. The van der Waals surface area contributed by atoms with Gasteiger partial charge in [0.05, 0.1) is 0 Å². The summed E-state index contributed by atoms with van der Waals surface area (Å²) < 4.78 is 17.0. The van der Waals surface area contributed by atoms with E-state index in [0.29, 0.717) is 19.3 Å². The number of carbonyl (C=O) groups is 3. The predicted molar refractivity (Wildman–Crippen MR) is 353 cm³/mol. The van der Waals surface area contributed by atoms with E-state index in [2.05, 4.69) is 93.7 Å². The first kappa shape index (κ1) is 77.9. The molecular formula is C75H134O6. The summed E-state index contributed by atoms with van der Waals surface area (Å²) in [6.45, 7) is 6.56. The number of rotatable bonds is 65.